The van der Waals surface area contributed by atoms with Crippen molar-refractivity contribution in [2.24, 2.45) is 0 Å². The Labute approximate surface area is 217 Å². The third kappa shape index (κ3) is 4.61. The van der Waals surface area contributed by atoms with Gasteiger partial charge in [0.25, 0.3) is 0 Å². The van der Waals surface area contributed by atoms with Crippen molar-refractivity contribution in [3.8, 4) is 16.8 Å². The first-order chi connectivity index (χ1) is 16.9. The Balaban J connectivity index is 1.73. The molecule has 2 heterocycles. The molecule has 4 nitrogen and oxygen atoms in total. The Morgan fingerprint density at radius 3 is 2.14 bits per heavy atom. The molecule has 0 spiro atoms. The van der Waals surface area contributed by atoms with E-state index >= 15 is 0 Å². The Bertz CT molecular complexity index is 1570. The van der Waals surface area contributed by atoms with Crippen LogP contribution >= 0.6 is 34.8 Å². The molecule has 0 saturated heterocycles. The smallest absolute Gasteiger partial charge is 0.185 e. The van der Waals surface area contributed by atoms with E-state index in [1.807, 2.05) is 61.5 Å². The van der Waals surface area contributed by atoms with Gasteiger partial charge in [-0.2, -0.15) is 5.10 Å². The Morgan fingerprint density at radius 2 is 1.49 bits per heavy atom. The summed E-state index contributed by atoms with van der Waals surface area (Å²) in [5.74, 6) is -0.170. The van der Waals surface area contributed by atoms with Gasteiger partial charge in [-0.05, 0) is 73.2 Å². The highest BCUT2D eigenvalue weighted by Crippen LogP contribution is 2.38. The summed E-state index contributed by atoms with van der Waals surface area (Å²) in [6.07, 6.45) is 3.20. The number of halogens is 3. The molecule has 0 amide bonds. The number of hydrogen-bond donors (Lipinski definition) is 0. The van der Waals surface area contributed by atoms with E-state index in [0.717, 1.165) is 27.9 Å². The molecule has 0 bridgehead atoms. The number of rotatable bonds is 5. The van der Waals surface area contributed by atoms with Gasteiger partial charge >= 0.3 is 0 Å². The van der Waals surface area contributed by atoms with Crippen molar-refractivity contribution < 1.29 is 4.79 Å². The van der Waals surface area contributed by atoms with Crippen molar-refractivity contribution in [2.75, 3.05) is 0 Å². The van der Waals surface area contributed by atoms with Crippen molar-refractivity contribution in [1.82, 2.24) is 14.8 Å². The first kappa shape index (κ1) is 23.3. The maximum Gasteiger partial charge on any atom is 0.185 e. The molecule has 5 rings (SSSR count). The zero-order valence-electron chi connectivity index (χ0n) is 18.5. The molecule has 35 heavy (non-hydrogen) atoms. The maximum absolute atomic E-state index is 12.8. The molecule has 0 radical (unpaired) electrons. The number of carbonyl (C=O) groups excluding carboxylic acids is 1. The third-order valence-corrected chi connectivity index (χ3v) is 6.44. The number of para-hydroxylation sites is 1. The lowest BCUT2D eigenvalue weighted by molar-refractivity contribution is 0.104. The van der Waals surface area contributed by atoms with E-state index in [2.05, 4.69) is 0 Å². The van der Waals surface area contributed by atoms with Crippen molar-refractivity contribution in [1.29, 1.82) is 0 Å². The largest absolute Gasteiger partial charge is 0.289 e. The highest BCUT2D eigenvalue weighted by Gasteiger charge is 2.21. The molecule has 0 unspecified atom stereocenters. The maximum atomic E-state index is 12.8. The van der Waals surface area contributed by atoms with Gasteiger partial charge in [0.05, 0.1) is 16.8 Å². The molecular formula is C28H18Cl3N3O. The molecule has 2 aromatic heterocycles. The molecule has 0 fully saturated rings. The number of carbonyl (C=O) groups is 1. The average Bonchev–Trinajstić information content (AvgIpc) is 3.19. The minimum absolute atomic E-state index is 0.170. The van der Waals surface area contributed by atoms with E-state index in [9.17, 15) is 4.79 Å². The van der Waals surface area contributed by atoms with Crippen LogP contribution in [0.2, 0.25) is 15.2 Å². The SMILES string of the molecule is Cc1nn(-c2ccccc2)c2nc(Cl)c(/C=C/C(=O)c3ccc(Cl)cc3)c(-c3ccc(Cl)cc3)c12. The fraction of sp³-hybridized carbons (Fsp3) is 0.0357. The summed E-state index contributed by atoms with van der Waals surface area (Å²) in [6, 6.07) is 24.0. The number of pyridine rings is 1. The van der Waals surface area contributed by atoms with Gasteiger partial charge in [-0.15, -0.1) is 0 Å². The lowest BCUT2D eigenvalue weighted by Crippen LogP contribution is -1.99. The van der Waals surface area contributed by atoms with E-state index in [-0.39, 0.29) is 10.9 Å². The molecule has 0 atom stereocenters. The Morgan fingerprint density at radius 1 is 0.857 bits per heavy atom. The first-order valence-corrected chi connectivity index (χ1v) is 11.9. The van der Waals surface area contributed by atoms with Crippen LogP contribution in [0.5, 0.6) is 0 Å². The van der Waals surface area contributed by atoms with Gasteiger partial charge in [0.2, 0.25) is 0 Å². The quantitative estimate of drug-likeness (QED) is 0.134. The number of benzene rings is 3. The standard InChI is InChI=1S/C28H18Cl3N3O/c1-17-25-26(19-9-13-21(30)14-10-19)23(15-16-24(35)18-7-11-20(29)12-8-18)27(31)32-28(25)34(33-17)22-5-3-2-4-6-22/h2-16H,1H3/b16-15+. The van der Waals surface area contributed by atoms with Crippen molar-refractivity contribution in [2.45, 2.75) is 6.92 Å². The second-order valence-electron chi connectivity index (χ2n) is 7.93. The molecule has 3 aromatic carbocycles. The molecule has 0 aliphatic rings. The van der Waals surface area contributed by atoms with Crippen LogP contribution in [0.3, 0.4) is 0 Å². The average molecular weight is 519 g/mol. The van der Waals surface area contributed by atoms with E-state index in [0.29, 0.717) is 26.8 Å². The number of allylic oxidation sites excluding steroid dienone is 1. The van der Waals surface area contributed by atoms with Gasteiger partial charge in [-0.3, -0.25) is 4.79 Å². The summed E-state index contributed by atoms with van der Waals surface area (Å²) in [5.41, 5.74) is 5.16. The summed E-state index contributed by atoms with van der Waals surface area (Å²) in [4.78, 5) is 17.5. The summed E-state index contributed by atoms with van der Waals surface area (Å²) in [6.45, 7) is 1.93. The van der Waals surface area contributed by atoms with Crippen molar-refractivity contribution in [3.63, 3.8) is 0 Å². The van der Waals surface area contributed by atoms with Gasteiger partial charge in [0, 0.05) is 26.7 Å². The molecule has 5 aromatic rings. The predicted molar refractivity (Wildman–Crippen MR) is 144 cm³/mol. The van der Waals surface area contributed by atoms with Crippen LogP contribution < -0.4 is 0 Å². The van der Waals surface area contributed by atoms with Gasteiger partial charge in [0.15, 0.2) is 11.4 Å². The molecule has 0 saturated carbocycles. The number of hydrogen-bond acceptors (Lipinski definition) is 3. The minimum Gasteiger partial charge on any atom is -0.289 e. The van der Waals surface area contributed by atoms with E-state index in [4.69, 9.17) is 44.9 Å². The zero-order valence-corrected chi connectivity index (χ0v) is 20.8. The van der Waals surface area contributed by atoms with Crippen LogP contribution in [0.15, 0.2) is 84.9 Å². The molecular weight excluding hydrogens is 501 g/mol. The Kier molecular flexibility index (Phi) is 6.44. The lowest BCUT2D eigenvalue weighted by Gasteiger charge is -2.12. The van der Waals surface area contributed by atoms with Crippen LogP contribution in [0, 0.1) is 6.92 Å². The zero-order chi connectivity index (χ0) is 24.5. The minimum atomic E-state index is -0.170. The second-order valence-corrected chi connectivity index (χ2v) is 9.16. The van der Waals surface area contributed by atoms with Crippen LogP contribution in [-0.2, 0) is 0 Å². The molecule has 7 heteroatoms. The van der Waals surface area contributed by atoms with Crippen molar-refractivity contribution in [3.05, 3.63) is 117 Å². The number of aromatic nitrogens is 3. The Hall–Kier alpha value is -3.44. The monoisotopic (exact) mass is 517 g/mol. The van der Waals surface area contributed by atoms with Crippen LogP contribution in [-0.4, -0.2) is 20.5 Å². The van der Waals surface area contributed by atoms with Crippen LogP contribution in [0.25, 0.3) is 33.9 Å². The fourth-order valence-electron chi connectivity index (χ4n) is 3.99. The number of fused-ring (bicyclic) bond motifs is 1. The summed E-state index contributed by atoms with van der Waals surface area (Å²) < 4.78 is 1.78. The second kappa shape index (κ2) is 9.67. The highest BCUT2D eigenvalue weighted by atomic mass is 35.5. The van der Waals surface area contributed by atoms with Crippen LogP contribution in [0.4, 0.5) is 0 Å². The normalized spacial score (nSPS) is 11.4. The fourth-order valence-corrected chi connectivity index (χ4v) is 4.48. The van der Waals surface area contributed by atoms with Gasteiger partial charge in [-0.1, -0.05) is 65.1 Å². The first-order valence-electron chi connectivity index (χ1n) is 10.8. The molecule has 0 aliphatic heterocycles. The third-order valence-electron chi connectivity index (χ3n) is 5.65. The van der Waals surface area contributed by atoms with Crippen molar-refractivity contribution >= 4 is 57.7 Å². The van der Waals surface area contributed by atoms with E-state index in [1.54, 1.807) is 35.0 Å². The summed E-state index contributed by atoms with van der Waals surface area (Å²) in [5, 5.41) is 7.06. The van der Waals surface area contributed by atoms with Crippen LogP contribution in [0.1, 0.15) is 21.6 Å². The summed E-state index contributed by atoms with van der Waals surface area (Å²) >= 11 is 18.9. The number of nitrogens with zero attached hydrogens (tertiary/aromatic N) is 3. The number of ketones is 1. The highest BCUT2D eigenvalue weighted by molar-refractivity contribution is 6.33. The lowest BCUT2D eigenvalue weighted by atomic mass is 9.96. The molecule has 0 aliphatic carbocycles. The summed E-state index contributed by atoms with van der Waals surface area (Å²) in [7, 11) is 0. The molecule has 172 valence electrons. The van der Waals surface area contributed by atoms with Gasteiger partial charge < -0.3 is 0 Å². The van der Waals surface area contributed by atoms with Gasteiger partial charge in [0.1, 0.15) is 5.15 Å². The molecule has 0 N–H and O–H groups in total. The van der Waals surface area contributed by atoms with E-state index < -0.39 is 0 Å². The number of aryl methyl sites for hydroxylation is 1. The van der Waals surface area contributed by atoms with E-state index in [1.165, 1.54) is 6.08 Å². The predicted octanol–water partition coefficient (Wildman–Crippen LogP) is 8.25. The van der Waals surface area contributed by atoms with Gasteiger partial charge in [-0.25, -0.2) is 9.67 Å². The topological polar surface area (TPSA) is 47.8 Å².